The van der Waals surface area contributed by atoms with Gasteiger partial charge in [0.2, 0.25) is 15.9 Å². The van der Waals surface area contributed by atoms with Crippen LogP contribution in [-0.4, -0.2) is 33.7 Å². The summed E-state index contributed by atoms with van der Waals surface area (Å²) < 4.78 is 26.2. The highest BCUT2D eigenvalue weighted by molar-refractivity contribution is 9.10. The van der Waals surface area contributed by atoms with Crippen molar-refractivity contribution < 1.29 is 13.2 Å². The molecule has 1 aromatic carbocycles. The number of halogens is 1. The average Bonchev–Trinajstić information content (AvgIpc) is 2.37. The maximum absolute atomic E-state index is 12.0. The molecule has 0 fully saturated rings. The molecule has 22 heavy (non-hydrogen) atoms. The molecule has 0 saturated heterocycles. The minimum absolute atomic E-state index is 0.130. The number of aryl methyl sites for hydroxylation is 1. The first-order valence-corrected chi connectivity index (χ1v) is 9.76. The summed E-state index contributed by atoms with van der Waals surface area (Å²) in [6, 6.07) is 5.39. The van der Waals surface area contributed by atoms with Gasteiger partial charge in [0.1, 0.15) is 0 Å². The van der Waals surface area contributed by atoms with Crippen LogP contribution >= 0.6 is 15.9 Å². The Balaban J connectivity index is 2.85. The van der Waals surface area contributed by atoms with Crippen LogP contribution in [0.4, 0.5) is 5.69 Å². The van der Waals surface area contributed by atoms with Gasteiger partial charge in [-0.05, 0) is 36.6 Å². The first-order valence-electron chi connectivity index (χ1n) is 7.12. The van der Waals surface area contributed by atoms with E-state index in [0.29, 0.717) is 18.2 Å². The molecule has 5 nitrogen and oxygen atoms in total. The Morgan fingerprint density at radius 2 is 2.00 bits per heavy atom. The molecule has 0 aromatic heterocycles. The molecule has 0 aliphatic carbocycles. The SMILES string of the molecule is Cc1cc(Br)ccc1N(CCC(=O)NCC(C)C)S(C)(=O)=O. The van der Waals surface area contributed by atoms with Crippen molar-refractivity contribution in [1.82, 2.24) is 5.32 Å². The molecule has 1 aromatic rings. The molecule has 0 spiro atoms. The Bertz CT molecular complexity index is 630. The Morgan fingerprint density at radius 1 is 1.36 bits per heavy atom. The quantitative estimate of drug-likeness (QED) is 0.777. The second kappa shape index (κ2) is 7.97. The van der Waals surface area contributed by atoms with Gasteiger partial charge < -0.3 is 5.32 Å². The molecule has 7 heteroatoms. The van der Waals surface area contributed by atoms with Gasteiger partial charge >= 0.3 is 0 Å². The summed E-state index contributed by atoms with van der Waals surface area (Å²) in [5.74, 6) is 0.223. The van der Waals surface area contributed by atoms with Crippen LogP contribution < -0.4 is 9.62 Å². The van der Waals surface area contributed by atoms with Gasteiger partial charge in [0.25, 0.3) is 0 Å². The number of hydrogen-bond donors (Lipinski definition) is 1. The molecule has 0 aliphatic rings. The number of carbonyl (C=O) groups excluding carboxylic acids is 1. The van der Waals surface area contributed by atoms with E-state index in [1.54, 1.807) is 12.1 Å². The summed E-state index contributed by atoms with van der Waals surface area (Å²) in [7, 11) is -3.44. The summed E-state index contributed by atoms with van der Waals surface area (Å²) in [6.45, 7) is 6.58. The number of carbonyl (C=O) groups is 1. The zero-order valence-corrected chi connectivity index (χ0v) is 15.8. The van der Waals surface area contributed by atoms with E-state index >= 15 is 0 Å². The molecule has 1 amide bonds. The minimum atomic E-state index is -3.44. The molecule has 0 atom stereocenters. The average molecular weight is 391 g/mol. The maximum Gasteiger partial charge on any atom is 0.232 e. The third-order valence-corrected chi connectivity index (χ3v) is 4.75. The minimum Gasteiger partial charge on any atom is -0.356 e. The molecule has 0 aliphatic heterocycles. The summed E-state index contributed by atoms with van der Waals surface area (Å²) in [4.78, 5) is 11.8. The smallest absolute Gasteiger partial charge is 0.232 e. The fraction of sp³-hybridized carbons (Fsp3) is 0.533. The lowest BCUT2D eigenvalue weighted by Gasteiger charge is -2.24. The Kier molecular flexibility index (Phi) is 6.87. The highest BCUT2D eigenvalue weighted by Crippen LogP contribution is 2.25. The van der Waals surface area contributed by atoms with Crippen LogP contribution in [-0.2, 0) is 14.8 Å². The lowest BCUT2D eigenvalue weighted by atomic mass is 10.2. The van der Waals surface area contributed by atoms with Gasteiger partial charge in [0, 0.05) is 24.0 Å². The molecule has 1 rings (SSSR count). The number of anilines is 1. The van der Waals surface area contributed by atoms with Crippen molar-refractivity contribution in [3.05, 3.63) is 28.2 Å². The van der Waals surface area contributed by atoms with Crippen LogP contribution in [0, 0.1) is 12.8 Å². The third kappa shape index (κ3) is 5.96. The summed E-state index contributed by atoms with van der Waals surface area (Å²) in [5, 5.41) is 2.80. The van der Waals surface area contributed by atoms with E-state index in [9.17, 15) is 13.2 Å². The van der Waals surface area contributed by atoms with Crippen LogP contribution in [0.3, 0.4) is 0 Å². The fourth-order valence-corrected chi connectivity index (χ4v) is 3.43. The number of rotatable bonds is 7. The van der Waals surface area contributed by atoms with Gasteiger partial charge in [-0.1, -0.05) is 29.8 Å². The number of benzene rings is 1. The maximum atomic E-state index is 12.0. The lowest BCUT2D eigenvalue weighted by molar-refractivity contribution is -0.121. The largest absolute Gasteiger partial charge is 0.356 e. The second-order valence-electron chi connectivity index (χ2n) is 5.71. The van der Waals surface area contributed by atoms with Crippen molar-refractivity contribution in [2.75, 3.05) is 23.7 Å². The molecular weight excluding hydrogens is 368 g/mol. The normalized spacial score (nSPS) is 11.5. The zero-order chi connectivity index (χ0) is 16.9. The number of amides is 1. The zero-order valence-electron chi connectivity index (χ0n) is 13.4. The van der Waals surface area contributed by atoms with Gasteiger partial charge in [-0.3, -0.25) is 9.10 Å². The number of sulfonamides is 1. The van der Waals surface area contributed by atoms with E-state index in [1.165, 1.54) is 4.31 Å². The highest BCUT2D eigenvalue weighted by atomic mass is 79.9. The third-order valence-electron chi connectivity index (χ3n) is 3.08. The van der Waals surface area contributed by atoms with E-state index in [1.807, 2.05) is 26.8 Å². The van der Waals surface area contributed by atoms with Crippen molar-refractivity contribution in [2.45, 2.75) is 27.2 Å². The summed E-state index contributed by atoms with van der Waals surface area (Å²) in [6.07, 6.45) is 1.29. The van der Waals surface area contributed by atoms with Gasteiger partial charge in [0.15, 0.2) is 0 Å². The first kappa shape index (κ1) is 19.0. The number of nitrogens with zero attached hydrogens (tertiary/aromatic N) is 1. The van der Waals surface area contributed by atoms with Gasteiger partial charge in [0.05, 0.1) is 11.9 Å². The van der Waals surface area contributed by atoms with E-state index < -0.39 is 10.0 Å². The predicted molar refractivity (Wildman–Crippen MR) is 93.5 cm³/mol. The molecule has 0 unspecified atom stereocenters. The Labute approximate surface area is 141 Å². The van der Waals surface area contributed by atoms with E-state index in [-0.39, 0.29) is 18.9 Å². The van der Waals surface area contributed by atoms with Crippen molar-refractivity contribution >= 4 is 37.5 Å². The second-order valence-corrected chi connectivity index (χ2v) is 8.54. The first-order chi connectivity index (χ1) is 10.1. The van der Waals surface area contributed by atoms with Crippen LogP contribution in [0.2, 0.25) is 0 Å². The van der Waals surface area contributed by atoms with Gasteiger partial charge in [-0.15, -0.1) is 0 Å². The van der Waals surface area contributed by atoms with Crippen LogP contribution in [0.15, 0.2) is 22.7 Å². The molecule has 0 radical (unpaired) electrons. The predicted octanol–water partition coefficient (Wildman–Crippen LogP) is 2.69. The standard InChI is InChI=1S/C15H23BrN2O3S/c1-11(2)10-17-15(19)7-8-18(22(4,20)21)14-6-5-13(16)9-12(14)3/h5-6,9,11H,7-8,10H2,1-4H3,(H,17,19). The number of nitrogens with one attached hydrogen (secondary N) is 1. The fourth-order valence-electron chi connectivity index (χ4n) is 1.97. The van der Waals surface area contributed by atoms with Gasteiger partial charge in [-0.25, -0.2) is 8.42 Å². The van der Waals surface area contributed by atoms with Gasteiger partial charge in [-0.2, -0.15) is 0 Å². The van der Waals surface area contributed by atoms with E-state index in [4.69, 9.17) is 0 Å². The summed E-state index contributed by atoms with van der Waals surface area (Å²) >= 11 is 3.36. The molecule has 0 saturated carbocycles. The monoisotopic (exact) mass is 390 g/mol. The number of hydrogen-bond acceptors (Lipinski definition) is 3. The molecule has 124 valence electrons. The van der Waals surface area contributed by atoms with Crippen LogP contribution in [0.25, 0.3) is 0 Å². The van der Waals surface area contributed by atoms with E-state index in [0.717, 1.165) is 16.3 Å². The van der Waals surface area contributed by atoms with Crippen LogP contribution in [0.1, 0.15) is 25.8 Å². The lowest BCUT2D eigenvalue weighted by Crippen LogP contribution is -2.35. The van der Waals surface area contributed by atoms with Crippen molar-refractivity contribution in [3.8, 4) is 0 Å². The van der Waals surface area contributed by atoms with Crippen molar-refractivity contribution in [2.24, 2.45) is 5.92 Å². The Hall–Kier alpha value is -1.08. The summed E-state index contributed by atoms with van der Waals surface area (Å²) in [5.41, 5.74) is 1.43. The van der Waals surface area contributed by atoms with Crippen molar-refractivity contribution in [3.63, 3.8) is 0 Å². The van der Waals surface area contributed by atoms with E-state index in [2.05, 4.69) is 21.2 Å². The Morgan fingerprint density at radius 3 is 2.50 bits per heavy atom. The highest BCUT2D eigenvalue weighted by Gasteiger charge is 2.20. The molecule has 1 N–H and O–H groups in total. The van der Waals surface area contributed by atoms with Crippen molar-refractivity contribution in [1.29, 1.82) is 0 Å². The van der Waals surface area contributed by atoms with Crippen LogP contribution in [0.5, 0.6) is 0 Å². The molecular formula is C15H23BrN2O3S. The molecule has 0 heterocycles. The topological polar surface area (TPSA) is 66.5 Å². The molecule has 0 bridgehead atoms.